The second kappa shape index (κ2) is 3.15. The quantitative estimate of drug-likeness (QED) is 0.472. The molecule has 1 rings (SSSR count). The maximum Gasteiger partial charge on any atom is 0.0597 e. The van der Waals surface area contributed by atoms with Gasteiger partial charge in [0.05, 0.1) is 6.61 Å². The number of hydrogen-bond acceptors (Lipinski definition) is 3. The third-order valence-corrected chi connectivity index (χ3v) is 1.68. The molecule has 0 aromatic rings. The second-order valence-corrected chi connectivity index (χ2v) is 2.60. The van der Waals surface area contributed by atoms with Crippen LogP contribution >= 0.6 is 0 Å². The molecule has 1 atom stereocenters. The van der Waals surface area contributed by atoms with Gasteiger partial charge in [0, 0.05) is 25.7 Å². The van der Waals surface area contributed by atoms with Gasteiger partial charge in [-0.2, -0.15) is 0 Å². The minimum atomic E-state index is 0.254. The summed E-state index contributed by atoms with van der Waals surface area (Å²) >= 11 is 0. The number of hydrogen-bond donors (Lipinski definition) is 2. The summed E-state index contributed by atoms with van der Waals surface area (Å²) in [5.74, 6) is 0. The summed E-state index contributed by atoms with van der Waals surface area (Å²) < 4.78 is 0. The van der Waals surface area contributed by atoms with Gasteiger partial charge in [0.25, 0.3) is 0 Å². The minimum Gasteiger partial charge on any atom is -0.395 e. The lowest BCUT2D eigenvalue weighted by atomic mass is 10.2. The normalized spacial score (nSPS) is 30.7. The zero-order chi connectivity index (χ0) is 6.69. The fraction of sp³-hybridized carbons (Fsp3) is 1.00. The third kappa shape index (κ3) is 1.93. The van der Waals surface area contributed by atoms with Gasteiger partial charge in [-0.05, 0) is 7.05 Å². The Kier molecular flexibility index (Phi) is 2.45. The zero-order valence-electron chi connectivity index (χ0n) is 5.80. The standard InChI is InChI=1S/C6H14N2O/c1-8-3-2-7-6(4-8)5-9/h6-7,9H,2-5H2,1H3. The van der Waals surface area contributed by atoms with Crippen molar-refractivity contribution in [2.45, 2.75) is 6.04 Å². The first-order valence-corrected chi connectivity index (χ1v) is 3.35. The van der Waals surface area contributed by atoms with E-state index < -0.39 is 0 Å². The molecule has 54 valence electrons. The number of nitrogens with one attached hydrogen (secondary N) is 1. The first-order valence-electron chi connectivity index (χ1n) is 3.35. The van der Waals surface area contributed by atoms with Crippen LogP contribution in [0.15, 0.2) is 0 Å². The van der Waals surface area contributed by atoms with Crippen LogP contribution in [-0.4, -0.2) is 49.3 Å². The molecule has 0 bridgehead atoms. The van der Waals surface area contributed by atoms with Crippen molar-refractivity contribution < 1.29 is 5.11 Å². The van der Waals surface area contributed by atoms with Crippen LogP contribution in [0.25, 0.3) is 0 Å². The molecule has 0 saturated carbocycles. The van der Waals surface area contributed by atoms with Gasteiger partial charge in [0.2, 0.25) is 0 Å². The van der Waals surface area contributed by atoms with Crippen molar-refractivity contribution >= 4 is 0 Å². The first-order chi connectivity index (χ1) is 4.33. The Balaban J connectivity index is 2.23. The van der Waals surface area contributed by atoms with Gasteiger partial charge in [0.1, 0.15) is 0 Å². The zero-order valence-corrected chi connectivity index (χ0v) is 5.80. The van der Waals surface area contributed by atoms with E-state index in [1.165, 1.54) is 0 Å². The number of rotatable bonds is 1. The molecule has 3 heteroatoms. The molecule has 1 aliphatic rings. The van der Waals surface area contributed by atoms with Gasteiger partial charge >= 0.3 is 0 Å². The van der Waals surface area contributed by atoms with E-state index in [0.29, 0.717) is 6.04 Å². The number of likely N-dealkylation sites (N-methyl/N-ethyl adjacent to an activating group) is 1. The Morgan fingerprint density at radius 3 is 3.00 bits per heavy atom. The largest absolute Gasteiger partial charge is 0.395 e. The molecule has 1 saturated heterocycles. The molecule has 0 aliphatic carbocycles. The smallest absolute Gasteiger partial charge is 0.0597 e. The van der Waals surface area contributed by atoms with Crippen molar-refractivity contribution in [3.8, 4) is 0 Å². The average Bonchev–Trinajstić information content (AvgIpc) is 1.88. The summed E-state index contributed by atoms with van der Waals surface area (Å²) in [7, 11) is 2.07. The molecular weight excluding hydrogens is 116 g/mol. The maximum atomic E-state index is 8.72. The van der Waals surface area contributed by atoms with Crippen LogP contribution in [0.2, 0.25) is 0 Å². The van der Waals surface area contributed by atoms with Crippen LogP contribution in [0.3, 0.4) is 0 Å². The predicted molar refractivity (Wildman–Crippen MR) is 36.4 cm³/mol. The topological polar surface area (TPSA) is 35.5 Å². The lowest BCUT2D eigenvalue weighted by Gasteiger charge is -2.29. The van der Waals surface area contributed by atoms with E-state index >= 15 is 0 Å². The molecule has 0 amide bonds. The lowest BCUT2D eigenvalue weighted by Crippen LogP contribution is -2.50. The third-order valence-electron chi connectivity index (χ3n) is 1.68. The van der Waals surface area contributed by atoms with E-state index in [9.17, 15) is 0 Å². The molecule has 1 aliphatic heterocycles. The van der Waals surface area contributed by atoms with Gasteiger partial charge in [-0.15, -0.1) is 0 Å². The summed E-state index contributed by atoms with van der Waals surface area (Å²) in [5.41, 5.74) is 0. The van der Waals surface area contributed by atoms with E-state index in [1.807, 2.05) is 0 Å². The van der Waals surface area contributed by atoms with E-state index in [-0.39, 0.29) is 6.61 Å². The SMILES string of the molecule is CN1CCNC(CO)C1. The van der Waals surface area contributed by atoms with E-state index in [0.717, 1.165) is 19.6 Å². The van der Waals surface area contributed by atoms with Gasteiger partial charge in [-0.3, -0.25) is 0 Å². The summed E-state index contributed by atoms with van der Waals surface area (Å²) in [5, 5.41) is 11.9. The Bertz CT molecular complexity index is 87.1. The van der Waals surface area contributed by atoms with Crippen LogP contribution < -0.4 is 5.32 Å². The fourth-order valence-corrected chi connectivity index (χ4v) is 1.11. The van der Waals surface area contributed by atoms with E-state index in [1.54, 1.807) is 0 Å². The fourth-order valence-electron chi connectivity index (χ4n) is 1.11. The Hall–Kier alpha value is -0.120. The van der Waals surface area contributed by atoms with Gasteiger partial charge in [-0.25, -0.2) is 0 Å². The minimum absolute atomic E-state index is 0.254. The highest BCUT2D eigenvalue weighted by molar-refractivity contribution is 4.75. The van der Waals surface area contributed by atoms with Crippen molar-refractivity contribution in [1.82, 2.24) is 10.2 Å². The van der Waals surface area contributed by atoms with Gasteiger partial charge in [0.15, 0.2) is 0 Å². The lowest BCUT2D eigenvalue weighted by molar-refractivity contribution is 0.168. The van der Waals surface area contributed by atoms with E-state index in [2.05, 4.69) is 17.3 Å². The Morgan fingerprint density at radius 2 is 2.56 bits per heavy atom. The predicted octanol–water partition coefficient (Wildman–Crippen LogP) is -1.12. The highest BCUT2D eigenvalue weighted by atomic mass is 16.3. The number of aliphatic hydroxyl groups excluding tert-OH is 1. The van der Waals surface area contributed by atoms with Crippen LogP contribution in [0, 0.1) is 0 Å². The Labute approximate surface area is 55.7 Å². The highest BCUT2D eigenvalue weighted by Gasteiger charge is 2.13. The molecule has 0 aromatic heterocycles. The van der Waals surface area contributed by atoms with Crippen molar-refractivity contribution in [1.29, 1.82) is 0 Å². The molecule has 0 radical (unpaired) electrons. The molecule has 0 spiro atoms. The molecule has 9 heavy (non-hydrogen) atoms. The van der Waals surface area contributed by atoms with Crippen molar-refractivity contribution in [2.24, 2.45) is 0 Å². The average molecular weight is 130 g/mol. The maximum absolute atomic E-state index is 8.72. The molecule has 3 nitrogen and oxygen atoms in total. The Morgan fingerprint density at radius 1 is 1.78 bits per heavy atom. The molecule has 2 N–H and O–H groups in total. The van der Waals surface area contributed by atoms with Crippen LogP contribution in [0.5, 0.6) is 0 Å². The summed E-state index contributed by atoms with van der Waals surface area (Å²) in [6.07, 6.45) is 0. The molecule has 0 aromatic carbocycles. The number of aliphatic hydroxyl groups is 1. The van der Waals surface area contributed by atoms with Crippen molar-refractivity contribution in [3.63, 3.8) is 0 Å². The second-order valence-electron chi connectivity index (χ2n) is 2.60. The van der Waals surface area contributed by atoms with Gasteiger partial charge < -0.3 is 15.3 Å². The molecule has 1 unspecified atom stereocenters. The first kappa shape index (κ1) is 6.99. The molecule has 1 fully saturated rings. The van der Waals surface area contributed by atoms with Crippen LogP contribution in [-0.2, 0) is 0 Å². The van der Waals surface area contributed by atoms with Crippen molar-refractivity contribution in [2.75, 3.05) is 33.3 Å². The summed E-state index contributed by atoms with van der Waals surface area (Å²) in [6, 6.07) is 0.295. The monoisotopic (exact) mass is 130 g/mol. The summed E-state index contributed by atoms with van der Waals surface area (Å²) in [6.45, 7) is 3.32. The van der Waals surface area contributed by atoms with E-state index in [4.69, 9.17) is 5.11 Å². The summed E-state index contributed by atoms with van der Waals surface area (Å²) in [4.78, 5) is 2.22. The van der Waals surface area contributed by atoms with Crippen molar-refractivity contribution in [3.05, 3.63) is 0 Å². The molecular formula is C6H14N2O. The van der Waals surface area contributed by atoms with Crippen LogP contribution in [0.1, 0.15) is 0 Å². The number of nitrogens with zero attached hydrogens (tertiary/aromatic N) is 1. The molecule has 1 heterocycles. The van der Waals surface area contributed by atoms with Gasteiger partial charge in [-0.1, -0.05) is 0 Å². The number of piperazine rings is 1. The van der Waals surface area contributed by atoms with Crippen LogP contribution in [0.4, 0.5) is 0 Å². The highest BCUT2D eigenvalue weighted by Crippen LogP contribution is 1.93.